The first kappa shape index (κ1) is 14.9. The number of halogens is 1. The third-order valence-electron chi connectivity index (χ3n) is 3.89. The topological polar surface area (TPSA) is 62.5 Å². The molecule has 2 rings (SSSR count). The summed E-state index contributed by atoms with van der Waals surface area (Å²) >= 11 is 5.98. The van der Waals surface area contributed by atoms with Crippen LogP contribution in [0.2, 0.25) is 5.02 Å². The zero-order chi connectivity index (χ0) is 14.9. The van der Waals surface area contributed by atoms with E-state index in [1.54, 1.807) is 23.8 Å². The van der Waals surface area contributed by atoms with Crippen molar-refractivity contribution in [1.82, 2.24) is 9.47 Å². The maximum Gasteiger partial charge on any atom is 0.329 e. The van der Waals surface area contributed by atoms with Gasteiger partial charge in [-0.1, -0.05) is 18.5 Å². The van der Waals surface area contributed by atoms with Crippen LogP contribution in [0.4, 0.5) is 0 Å². The van der Waals surface area contributed by atoms with E-state index < -0.39 is 11.5 Å². The molecule has 5 nitrogen and oxygen atoms in total. The van der Waals surface area contributed by atoms with Crippen molar-refractivity contribution < 1.29 is 14.7 Å². The Morgan fingerprint density at radius 2 is 2.20 bits per heavy atom. The fourth-order valence-corrected chi connectivity index (χ4v) is 2.95. The van der Waals surface area contributed by atoms with E-state index in [1.807, 2.05) is 6.92 Å². The average Bonchev–Trinajstić information content (AvgIpc) is 2.94. The number of likely N-dealkylation sites (tertiary alicyclic amines) is 1. The van der Waals surface area contributed by atoms with Gasteiger partial charge in [0.15, 0.2) is 0 Å². The number of hydrogen-bond acceptors (Lipinski definition) is 2. The summed E-state index contributed by atoms with van der Waals surface area (Å²) in [5.41, 5.74) is -0.656. The molecule has 0 aliphatic carbocycles. The minimum atomic E-state index is -1.12. The van der Waals surface area contributed by atoms with E-state index in [1.165, 1.54) is 4.90 Å². The number of rotatable bonds is 4. The smallest absolute Gasteiger partial charge is 0.329 e. The van der Waals surface area contributed by atoms with Gasteiger partial charge in [-0.15, -0.1) is 0 Å². The summed E-state index contributed by atoms with van der Waals surface area (Å²) in [7, 11) is 0. The summed E-state index contributed by atoms with van der Waals surface area (Å²) in [6.45, 7) is 4.77. The van der Waals surface area contributed by atoms with Crippen molar-refractivity contribution in [3.8, 4) is 0 Å². The summed E-state index contributed by atoms with van der Waals surface area (Å²) in [5.74, 6) is -1.21. The van der Waals surface area contributed by atoms with Crippen molar-refractivity contribution in [3.05, 3.63) is 23.0 Å². The van der Waals surface area contributed by atoms with Gasteiger partial charge in [0.1, 0.15) is 11.2 Å². The van der Waals surface area contributed by atoms with Gasteiger partial charge in [-0.2, -0.15) is 0 Å². The van der Waals surface area contributed by atoms with Crippen LogP contribution in [0.5, 0.6) is 0 Å². The van der Waals surface area contributed by atoms with Crippen molar-refractivity contribution in [2.75, 3.05) is 6.54 Å². The van der Waals surface area contributed by atoms with Gasteiger partial charge in [0, 0.05) is 19.3 Å². The first-order chi connectivity index (χ1) is 9.40. The lowest BCUT2D eigenvalue weighted by Crippen LogP contribution is -2.51. The molecule has 0 saturated carbocycles. The fourth-order valence-electron chi connectivity index (χ4n) is 2.73. The van der Waals surface area contributed by atoms with Crippen LogP contribution in [0.15, 0.2) is 12.3 Å². The minimum Gasteiger partial charge on any atom is -0.480 e. The third-order valence-corrected chi connectivity index (χ3v) is 4.10. The summed E-state index contributed by atoms with van der Waals surface area (Å²) < 4.78 is 1.80. The Bertz CT molecular complexity index is 541. The first-order valence-corrected chi connectivity index (χ1v) is 7.19. The lowest BCUT2D eigenvalue weighted by Gasteiger charge is -2.31. The Morgan fingerprint density at radius 1 is 1.50 bits per heavy atom. The second-order valence-electron chi connectivity index (χ2n) is 5.38. The van der Waals surface area contributed by atoms with Gasteiger partial charge < -0.3 is 14.6 Å². The molecule has 0 radical (unpaired) electrons. The Kier molecular flexibility index (Phi) is 4.09. The Morgan fingerprint density at radius 3 is 2.80 bits per heavy atom. The number of carbonyl (C=O) groups excluding carboxylic acids is 1. The van der Waals surface area contributed by atoms with E-state index in [0.717, 1.165) is 6.42 Å². The maximum absolute atomic E-state index is 12.7. The molecule has 20 heavy (non-hydrogen) atoms. The SMILES string of the molecule is CCCn1cc(Cl)cc1C(=O)N1CCCC1(C)C(=O)O. The molecule has 1 aromatic rings. The summed E-state index contributed by atoms with van der Waals surface area (Å²) in [6, 6.07) is 1.61. The highest BCUT2D eigenvalue weighted by Crippen LogP contribution is 2.31. The average molecular weight is 299 g/mol. The van der Waals surface area contributed by atoms with Gasteiger partial charge in [0.25, 0.3) is 5.91 Å². The van der Waals surface area contributed by atoms with Crippen LogP contribution < -0.4 is 0 Å². The van der Waals surface area contributed by atoms with Gasteiger partial charge in [-0.05, 0) is 32.3 Å². The van der Waals surface area contributed by atoms with Crippen molar-refractivity contribution in [2.45, 2.75) is 45.2 Å². The van der Waals surface area contributed by atoms with Crippen molar-refractivity contribution >= 4 is 23.5 Å². The van der Waals surface area contributed by atoms with Crippen LogP contribution in [0.25, 0.3) is 0 Å². The monoisotopic (exact) mass is 298 g/mol. The van der Waals surface area contributed by atoms with Gasteiger partial charge in [0.2, 0.25) is 0 Å². The zero-order valence-electron chi connectivity index (χ0n) is 11.7. The Balaban J connectivity index is 2.34. The molecule has 2 heterocycles. The van der Waals surface area contributed by atoms with Gasteiger partial charge in [0.05, 0.1) is 5.02 Å². The van der Waals surface area contributed by atoms with Crippen LogP contribution in [-0.2, 0) is 11.3 Å². The van der Waals surface area contributed by atoms with Crippen molar-refractivity contribution in [2.24, 2.45) is 0 Å². The van der Waals surface area contributed by atoms with Crippen LogP contribution in [0, 0.1) is 0 Å². The van der Waals surface area contributed by atoms with E-state index in [-0.39, 0.29) is 5.91 Å². The molecular weight excluding hydrogens is 280 g/mol. The molecule has 110 valence electrons. The number of carboxylic acids is 1. The third kappa shape index (κ3) is 2.42. The van der Waals surface area contributed by atoms with Gasteiger partial charge in [-0.25, -0.2) is 4.79 Å². The predicted molar refractivity (Wildman–Crippen MR) is 76.0 cm³/mol. The minimum absolute atomic E-state index is 0.257. The number of amides is 1. The van der Waals surface area contributed by atoms with E-state index in [2.05, 4.69) is 0 Å². The van der Waals surface area contributed by atoms with E-state index in [9.17, 15) is 14.7 Å². The number of aryl methyl sites for hydroxylation is 1. The van der Waals surface area contributed by atoms with Crippen molar-refractivity contribution in [1.29, 1.82) is 0 Å². The van der Waals surface area contributed by atoms with Crippen LogP contribution in [-0.4, -0.2) is 38.5 Å². The highest BCUT2D eigenvalue weighted by Gasteiger charge is 2.46. The highest BCUT2D eigenvalue weighted by molar-refractivity contribution is 6.31. The molecule has 1 fully saturated rings. The lowest BCUT2D eigenvalue weighted by atomic mass is 9.99. The molecule has 1 amide bonds. The van der Waals surface area contributed by atoms with Crippen molar-refractivity contribution in [3.63, 3.8) is 0 Å². The largest absolute Gasteiger partial charge is 0.480 e. The molecule has 1 N–H and O–H groups in total. The summed E-state index contributed by atoms with van der Waals surface area (Å²) in [6.07, 6.45) is 3.78. The quantitative estimate of drug-likeness (QED) is 0.929. The van der Waals surface area contributed by atoms with Gasteiger partial charge >= 0.3 is 5.97 Å². The summed E-state index contributed by atoms with van der Waals surface area (Å²) in [5, 5.41) is 9.89. The van der Waals surface area contributed by atoms with E-state index >= 15 is 0 Å². The molecule has 6 heteroatoms. The first-order valence-electron chi connectivity index (χ1n) is 6.81. The Labute approximate surface area is 123 Å². The normalized spacial score (nSPS) is 22.2. The molecule has 0 aromatic carbocycles. The number of carboxylic acid groups (broad SMARTS) is 1. The fraction of sp³-hybridized carbons (Fsp3) is 0.571. The maximum atomic E-state index is 12.7. The molecule has 1 aromatic heterocycles. The number of nitrogens with zero attached hydrogens (tertiary/aromatic N) is 2. The molecule has 1 aliphatic rings. The number of aliphatic carboxylic acids is 1. The highest BCUT2D eigenvalue weighted by atomic mass is 35.5. The molecule has 1 aliphatic heterocycles. The van der Waals surface area contributed by atoms with Crippen LogP contribution in [0.1, 0.15) is 43.6 Å². The standard InChI is InChI=1S/C14H19ClN2O3/c1-3-6-16-9-10(15)8-11(16)12(18)17-7-4-5-14(17,2)13(19)20/h8-9H,3-7H2,1-2H3,(H,19,20). The number of aromatic nitrogens is 1. The molecule has 1 atom stereocenters. The van der Waals surface area contributed by atoms with Crippen LogP contribution in [0.3, 0.4) is 0 Å². The molecule has 1 saturated heterocycles. The van der Waals surface area contributed by atoms with E-state index in [4.69, 9.17) is 11.6 Å². The number of carbonyl (C=O) groups is 2. The number of hydrogen-bond donors (Lipinski definition) is 1. The second-order valence-corrected chi connectivity index (χ2v) is 5.81. The van der Waals surface area contributed by atoms with E-state index in [0.29, 0.717) is 36.6 Å². The molecule has 1 unspecified atom stereocenters. The molecule has 0 spiro atoms. The second kappa shape index (κ2) is 5.48. The molecule has 0 bridgehead atoms. The molecular formula is C14H19ClN2O3. The zero-order valence-corrected chi connectivity index (χ0v) is 12.5. The predicted octanol–water partition coefficient (Wildman–Crippen LogP) is 2.63. The van der Waals surface area contributed by atoms with Gasteiger partial charge in [-0.3, -0.25) is 4.79 Å². The lowest BCUT2D eigenvalue weighted by molar-refractivity contribution is -0.147. The Hall–Kier alpha value is -1.49. The summed E-state index contributed by atoms with van der Waals surface area (Å²) in [4.78, 5) is 25.6. The van der Waals surface area contributed by atoms with Crippen LogP contribution >= 0.6 is 11.6 Å².